The quantitative estimate of drug-likeness (QED) is 0.372. The van der Waals surface area contributed by atoms with E-state index in [0.29, 0.717) is 30.3 Å². The van der Waals surface area contributed by atoms with Crippen LogP contribution in [-0.2, 0) is 13.0 Å². The third-order valence-electron chi connectivity index (χ3n) is 5.03. The maximum absolute atomic E-state index is 12.2. The molecule has 0 atom stereocenters. The van der Waals surface area contributed by atoms with E-state index in [2.05, 4.69) is 16.0 Å². The Hall–Kier alpha value is -3.31. The van der Waals surface area contributed by atoms with Crippen LogP contribution >= 0.6 is 11.6 Å². The molecule has 4 aromatic rings. The van der Waals surface area contributed by atoms with Crippen LogP contribution in [0.3, 0.4) is 0 Å². The van der Waals surface area contributed by atoms with Crippen LogP contribution in [0, 0.1) is 0 Å². The molecule has 1 N–H and O–H groups in total. The molecule has 1 amide bonds. The number of ether oxygens (including phenoxy) is 1. The number of benzene rings is 3. The number of rotatable bonds is 9. The highest BCUT2D eigenvalue weighted by Crippen LogP contribution is 2.19. The zero-order chi connectivity index (χ0) is 21.5. The molecule has 31 heavy (non-hydrogen) atoms. The molecule has 3 aromatic carbocycles. The van der Waals surface area contributed by atoms with Crippen LogP contribution in [0.25, 0.3) is 11.0 Å². The smallest absolute Gasteiger partial charge is 0.251 e. The van der Waals surface area contributed by atoms with Crippen LogP contribution in [-0.4, -0.2) is 28.6 Å². The summed E-state index contributed by atoms with van der Waals surface area (Å²) in [4.78, 5) is 17.0. The van der Waals surface area contributed by atoms with Crippen LogP contribution < -0.4 is 10.1 Å². The number of carbonyl (C=O) groups is 1. The molecule has 4 rings (SSSR count). The number of halogens is 1. The minimum Gasteiger partial charge on any atom is -0.492 e. The van der Waals surface area contributed by atoms with Gasteiger partial charge in [0.25, 0.3) is 5.91 Å². The van der Waals surface area contributed by atoms with Crippen LogP contribution in [0.2, 0.25) is 5.02 Å². The van der Waals surface area contributed by atoms with Crippen molar-refractivity contribution in [2.75, 3.05) is 13.2 Å². The number of aryl methyl sites for hydroxylation is 1. The SMILES string of the molecule is O=C(NCCCc1nc2ccccc2n1CCOc1ccc(Cl)cc1)c1ccccc1. The van der Waals surface area contributed by atoms with Gasteiger partial charge in [0.1, 0.15) is 18.2 Å². The van der Waals surface area contributed by atoms with E-state index in [1.807, 2.05) is 72.8 Å². The molecule has 0 aliphatic carbocycles. The van der Waals surface area contributed by atoms with E-state index in [1.54, 1.807) is 0 Å². The Balaban J connectivity index is 1.36. The maximum atomic E-state index is 12.2. The summed E-state index contributed by atoms with van der Waals surface area (Å²) in [5.41, 5.74) is 2.73. The molecule has 0 aliphatic heterocycles. The molecule has 1 aromatic heterocycles. The Morgan fingerprint density at radius 3 is 2.52 bits per heavy atom. The van der Waals surface area contributed by atoms with Crippen LogP contribution in [0.1, 0.15) is 22.6 Å². The molecule has 0 radical (unpaired) electrons. The predicted octanol–water partition coefficient (Wildman–Crippen LogP) is 5.13. The van der Waals surface area contributed by atoms with E-state index in [0.717, 1.165) is 35.4 Å². The zero-order valence-corrected chi connectivity index (χ0v) is 17.9. The zero-order valence-electron chi connectivity index (χ0n) is 17.1. The Morgan fingerprint density at radius 2 is 1.71 bits per heavy atom. The van der Waals surface area contributed by atoms with Gasteiger partial charge in [0.2, 0.25) is 0 Å². The molecule has 0 fully saturated rings. The first-order valence-corrected chi connectivity index (χ1v) is 10.7. The highest BCUT2D eigenvalue weighted by Gasteiger charge is 2.11. The summed E-state index contributed by atoms with van der Waals surface area (Å²) in [6.07, 6.45) is 1.57. The van der Waals surface area contributed by atoms with Gasteiger partial charge in [-0.3, -0.25) is 4.79 Å². The summed E-state index contributed by atoms with van der Waals surface area (Å²) < 4.78 is 8.08. The van der Waals surface area contributed by atoms with Crippen molar-refractivity contribution in [1.29, 1.82) is 0 Å². The lowest BCUT2D eigenvalue weighted by Crippen LogP contribution is -2.25. The van der Waals surface area contributed by atoms with Gasteiger partial charge < -0.3 is 14.6 Å². The van der Waals surface area contributed by atoms with E-state index < -0.39 is 0 Å². The largest absolute Gasteiger partial charge is 0.492 e. The van der Waals surface area contributed by atoms with Crippen molar-refractivity contribution in [1.82, 2.24) is 14.9 Å². The highest BCUT2D eigenvalue weighted by molar-refractivity contribution is 6.30. The Kier molecular flexibility index (Phi) is 6.85. The number of amides is 1. The minimum absolute atomic E-state index is 0.0505. The van der Waals surface area contributed by atoms with E-state index in [4.69, 9.17) is 21.3 Å². The summed E-state index contributed by atoms with van der Waals surface area (Å²) in [6, 6.07) is 24.7. The van der Waals surface area contributed by atoms with Crippen molar-refractivity contribution in [2.45, 2.75) is 19.4 Å². The molecule has 0 spiro atoms. The molecular formula is C25H24ClN3O2. The van der Waals surface area contributed by atoms with E-state index in [-0.39, 0.29) is 5.91 Å². The molecular weight excluding hydrogens is 410 g/mol. The summed E-state index contributed by atoms with van der Waals surface area (Å²) >= 11 is 5.93. The number of carbonyl (C=O) groups excluding carboxylic acids is 1. The minimum atomic E-state index is -0.0505. The Labute approximate surface area is 186 Å². The van der Waals surface area contributed by atoms with Gasteiger partial charge in [-0.05, 0) is 55.0 Å². The number of hydrogen-bond donors (Lipinski definition) is 1. The van der Waals surface area contributed by atoms with Gasteiger partial charge in [0.05, 0.1) is 17.6 Å². The summed E-state index contributed by atoms with van der Waals surface area (Å²) in [6.45, 7) is 1.81. The fraction of sp³-hybridized carbons (Fsp3) is 0.200. The lowest BCUT2D eigenvalue weighted by molar-refractivity contribution is 0.0953. The fourth-order valence-electron chi connectivity index (χ4n) is 3.49. The second kappa shape index (κ2) is 10.1. The third kappa shape index (κ3) is 5.44. The van der Waals surface area contributed by atoms with Crippen molar-refractivity contribution in [3.05, 3.63) is 95.3 Å². The molecule has 6 heteroatoms. The second-order valence-corrected chi connectivity index (χ2v) is 7.63. The summed E-state index contributed by atoms with van der Waals surface area (Å²) in [5.74, 6) is 1.74. The van der Waals surface area contributed by atoms with Crippen molar-refractivity contribution in [3.8, 4) is 5.75 Å². The van der Waals surface area contributed by atoms with Crippen molar-refractivity contribution in [3.63, 3.8) is 0 Å². The number of hydrogen-bond acceptors (Lipinski definition) is 3. The van der Waals surface area contributed by atoms with Gasteiger partial charge in [0.15, 0.2) is 0 Å². The molecule has 5 nitrogen and oxygen atoms in total. The van der Waals surface area contributed by atoms with Gasteiger partial charge in [0, 0.05) is 23.6 Å². The van der Waals surface area contributed by atoms with Crippen molar-refractivity contribution < 1.29 is 9.53 Å². The van der Waals surface area contributed by atoms with Crippen LogP contribution in [0.4, 0.5) is 0 Å². The third-order valence-corrected chi connectivity index (χ3v) is 5.28. The number of aromatic nitrogens is 2. The molecule has 158 valence electrons. The molecule has 1 heterocycles. The van der Waals surface area contributed by atoms with Gasteiger partial charge in [-0.25, -0.2) is 4.98 Å². The number of para-hydroxylation sites is 2. The second-order valence-electron chi connectivity index (χ2n) is 7.20. The lowest BCUT2D eigenvalue weighted by atomic mass is 10.2. The molecule has 0 saturated heterocycles. The Bertz CT molecular complexity index is 1140. The Morgan fingerprint density at radius 1 is 0.968 bits per heavy atom. The number of nitrogens with zero attached hydrogens (tertiary/aromatic N) is 2. The number of nitrogens with one attached hydrogen (secondary N) is 1. The van der Waals surface area contributed by atoms with Crippen LogP contribution in [0.5, 0.6) is 5.75 Å². The van der Waals surface area contributed by atoms with Gasteiger partial charge in [-0.1, -0.05) is 41.9 Å². The molecule has 0 bridgehead atoms. The first kappa shape index (κ1) is 20.9. The van der Waals surface area contributed by atoms with Crippen molar-refractivity contribution >= 4 is 28.5 Å². The first-order chi connectivity index (χ1) is 15.2. The summed E-state index contributed by atoms with van der Waals surface area (Å²) in [5, 5.41) is 3.67. The van der Waals surface area contributed by atoms with Crippen molar-refractivity contribution in [2.24, 2.45) is 0 Å². The molecule has 0 unspecified atom stereocenters. The summed E-state index contributed by atoms with van der Waals surface area (Å²) in [7, 11) is 0. The topological polar surface area (TPSA) is 56.2 Å². The van der Waals surface area contributed by atoms with E-state index >= 15 is 0 Å². The fourth-order valence-corrected chi connectivity index (χ4v) is 3.62. The first-order valence-electron chi connectivity index (χ1n) is 10.4. The standard InChI is InChI=1S/C25H24ClN3O2/c26-20-12-14-21(15-13-20)31-18-17-29-23-10-5-4-9-22(23)28-24(29)11-6-16-27-25(30)19-7-2-1-3-8-19/h1-5,7-10,12-15H,6,11,16-18H2,(H,27,30). The van der Waals surface area contributed by atoms with Gasteiger partial charge >= 0.3 is 0 Å². The highest BCUT2D eigenvalue weighted by atomic mass is 35.5. The normalized spacial score (nSPS) is 10.9. The molecule has 0 saturated carbocycles. The number of fused-ring (bicyclic) bond motifs is 1. The van der Waals surface area contributed by atoms with E-state index in [1.165, 1.54) is 0 Å². The maximum Gasteiger partial charge on any atom is 0.251 e. The average molecular weight is 434 g/mol. The van der Waals surface area contributed by atoms with E-state index in [9.17, 15) is 4.79 Å². The van der Waals surface area contributed by atoms with Gasteiger partial charge in [-0.2, -0.15) is 0 Å². The lowest BCUT2D eigenvalue weighted by Gasteiger charge is -2.11. The predicted molar refractivity (Wildman–Crippen MR) is 124 cm³/mol. The molecule has 0 aliphatic rings. The van der Waals surface area contributed by atoms with Gasteiger partial charge in [-0.15, -0.1) is 0 Å². The monoisotopic (exact) mass is 433 g/mol. The average Bonchev–Trinajstić information content (AvgIpc) is 3.16. The number of imidazole rings is 1. The van der Waals surface area contributed by atoms with Crippen LogP contribution in [0.15, 0.2) is 78.9 Å².